The molecular formula is C14H18BrF2NO3. The molecule has 0 radical (unpaired) electrons. The van der Waals surface area contributed by atoms with Gasteiger partial charge in [-0.25, -0.2) is 0 Å². The number of benzene rings is 1. The van der Waals surface area contributed by atoms with Gasteiger partial charge in [0.25, 0.3) is 0 Å². The number of esters is 1. The molecule has 1 aromatic carbocycles. The van der Waals surface area contributed by atoms with Gasteiger partial charge in [-0.3, -0.25) is 4.79 Å². The van der Waals surface area contributed by atoms with Crippen LogP contribution in [0.5, 0.6) is 5.75 Å². The maximum Gasteiger partial charge on any atom is 0.387 e. The van der Waals surface area contributed by atoms with Crippen LogP contribution in [-0.4, -0.2) is 18.2 Å². The second-order valence-corrected chi connectivity index (χ2v) is 6.28. The Morgan fingerprint density at radius 2 is 2.00 bits per heavy atom. The molecule has 1 rings (SSSR count). The summed E-state index contributed by atoms with van der Waals surface area (Å²) in [4.78, 5) is 11.8. The molecule has 0 unspecified atom stereocenters. The lowest BCUT2D eigenvalue weighted by atomic mass is 10.0. The van der Waals surface area contributed by atoms with Crippen LogP contribution in [0.1, 0.15) is 38.8 Å². The Bertz CT molecular complexity index is 503. The minimum Gasteiger partial charge on any atom is -0.460 e. The molecule has 0 fully saturated rings. The van der Waals surface area contributed by atoms with Crippen molar-refractivity contribution in [1.82, 2.24) is 0 Å². The summed E-state index contributed by atoms with van der Waals surface area (Å²) < 4.78 is 34.9. The van der Waals surface area contributed by atoms with Gasteiger partial charge in [0.2, 0.25) is 0 Å². The molecular weight excluding hydrogens is 348 g/mol. The lowest BCUT2D eigenvalue weighted by molar-refractivity contribution is -0.155. The van der Waals surface area contributed by atoms with Crippen molar-refractivity contribution in [3.8, 4) is 5.75 Å². The number of hydrogen-bond acceptors (Lipinski definition) is 4. The second-order valence-electron chi connectivity index (χ2n) is 5.43. The van der Waals surface area contributed by atoms with Gasteiger partial charge in [-0.1, -0.05) is 22.0 Å². The van der Waals surface area contributed by atoms with E-state index in [2.05, 4.69) is 20.7 Å². The fourth-order valence-corrected chi connectivity index (χ4v) is 2.38. The number of ether oxygens (including phenoxy) is 2. The molecule has 0 bridgehead atoms. The molecule has 1 aromatic rings. The van der Waals surface area contributed by atoms with Crippen LogP contribution < -0.4 is 10.5 Å². The number of nitrogens with two attached hydrogens (primary N) is 1. The highest BCUT2D eigenvalue weighted by Crippen LogP contribution is 2.34. The zero-order chi connectivity index (χ0) is 16.2. The van der Waals surface area contributed by atoms with Gasteiger partial charge < -0.3 is 15.2 Å². The molecule has 21 heavy (non-hydrogen) atoms. The molecule has 1 atom stereocenters. The molecule has 0 saturated heterocycles. The maximum atomic E-state index is 12.4. The van der Waals surface area contributed by atoms with Gasteiger partial charge in [0.1, 0.15) is 11.4 Å². The molecule has 7 heteroatoms. The fraction of sp³-hybridized carbons (Fsp3) is 0.500. The lowest BCUT2D eigenvalue weighted by Crippen LogP contribution is -2.27. The predicted octanol–water partition coefficient (Wildman–Crippen LogP) is 3.78. The number of hydrogen-bond donors (Lipinski definition) is 1. The summed E-state index contributed by atoms with van der Waals surface area (Å²) in [6.45, 7) is 2.24. The van der Waals surface area contributed by atoms with Crippen LogP contribution in [0.15, 0.2) is 22.7 Å². The van der Waals surface area contributed by atoms with E-state index in [9.17, 15) is 13.6 Å². The smallest absolute Gasteiger partial charge is 0.387 e. The van der Waals surface area contributed by atoms with Gasteiger partial charge in [0.05, 0.1) is 6.42 Å². The third kappa shape index (κ3) is 5.97. The highest BCUT2D eigenvalue weighted by Gasteiger charge is 2.23. The van der Waals surface area contributed by atoms with Crippen LogP contribution in [-0.2, 0) is 9.53 Å². The zero-order valence-corrected chi connectivity index (χ0v) is 13.6. The minimum atomic E-state index is -2.97. The quantitative estimate of drug-likeness (QED) is 0.806. The second kappa shape index (κ2) is 7.17. The zero-order valence-electron chi connectivity index (χ0n) is 12.0. The van der Waals surface area contributed by atoms with E-state index in [4.69, 9.17) is 10.5 Å². The molecule has 0 amide bonds. The highest BCUT2D eigenvalue weighted by atomic mass is 79.9. The van der Waals surface area contributed by atoms with Crippen molar-refractivity contribution >= 4 is 21.9 Å². The van der Waals surface area contributed by atoms with Crippen LogP contribution in [0.25, 0.3) is 0 Å². The van der Waals surface area contributed by atoms with E-state index < -0.39 is 24.2 Å². The SMILES string of the molecule is CC(C)(C)OC(=O)C[C@@H](N)c1c(Br)cccc1OC(F)F. The summed E-state index contributed by atoms with van der Waals surface area (Å²) in [6, 6.07) is 3.75. The number of rotatable bonds is 5. The van der Waals surface area contributed by atoms with Gasteiger partial charge in [0.15, 0.2) is 0 Å². The van der Waals surface area contributed by atoms with Crippen molar-refractivity contribution in [1.29, 1.82) is 0 Å². The van der Waals surface area contributed by atoms with Gasteiger partial charge in [-0.15, -0.1) is 0 Å². The Balaban J connectivity index is 2.91. The van der Waals surface area contributed by atoms with E-state index in [1.54, 1.807) is 32.9 Å². The van der Waals surface area contributed by atoms with E-state index >= 15 is 0 Å². The third-order valence-corrected chi connectivity index (χ3v) is 3.10. The van der Waals surface area contributed by atoms with E-state index in [0.717, 1.165) is 0 Å². The van der Waals surface area contributed by atoms with Gasteiger partial charge >= 0.3 is 12.6 Å². The molecule has 0 aliphatic carbocycles. The fourth-order valence-electron chi connectivity index (χ4n) is 1.74. The van der Waals surface area contributed by atoms with Crippen molar-refractivity contribution in [3.63, 3.8) is 0 Å². The highest BCUT2D eigenvalue weighted by molar-refractivity contribution is 9.10. The Morgan fingerprint density at radius 1 is 1.38 bits per heavy atom. The van der Waals surface area contributed by atoms with Crippen molar-refractivity contribution in [2.45, 2.75) is 45.4 Å². The molecule has 0 saturated carbocycles. The largest absolute Gasteiger partial charge is 0.460 e. The Labute approximate surface area is 130 Å². The third-order valence-electron chi connectivity index (χ3n) is 2.41. The normalized spacial score (nSPS) is 13.1. The summed E-state index contributed by atoms with van der Waals surface area (Å²) in [5.41, 5.74) is 5.61. The molecule has 0 aliphatic heterocycles. The first-order valence-corrected chi connectivity index (χ1v) is 7.10. The van der Waals surface area contributed by atoms with Crippen LogP contribution in [0.4, 0.5) is 8.78 Å². The average molecular weight is 366 g/mol. The van der Waals surface area contributed by atoms with Crippen LogP contribution in [0.3, 0.4) is 0 Å². The van der Waals surface area contributed by atoms with Crippen molar-refractivity contribution < 1.29 is 23.0 Å². The standard InChI is InChI=1S/C14H18BrF2NO3/c1-14(2,3)21-11(19)7-9(18)12-8(15)5-4-6-10(12)20-13(16)17/h4-6,9,13H,7,18H2,1-3H3/t9-/m1/s1. The van der Waals surface area contributed by atoms with Crippen molar-refractivity contribution in [2.24, 2.45) is 5.73 Å². The first-order chi connectivity index (χ1) is 9.60. The lowest BCUT2D eigenvalue weighted by Gasteiger charge is -2.22. The summed E-state index contributed by atoms with van der Waals surface area (Å²) in [7, 11) is 0. The van der Waals surface area contributed by atoms with Gasteiger partial charge in [-0.05, 0) is 32.9 Å². The molecule has 118 valence electrons. The Hall–Kier alpha value is -1.21. The number of carbonyl (C=O) groups excluding carboxylic acids is 1. The number of carbonyl (C=O) groups is 1. The van der Waals surface area contributed by atoms with E-state index in [1.165, 1.54) is 6.07 Å². The molecule has 0 aliphatic rings. The van der Waals surface area contributed by atoms with E-state index in [1.807, 2.05) is 0 Å². The predicted molar refractivity (Wildman–Crippen MR) is 78.2 cm³/mol. The molecule has 4 nitrogen and oxygen atoms in total. The topological polar surface area (TPSA) is 61.5 Å². The van der Waals surface area contributed by atoms with Crippen LogP contribution in [0, 0.1) is 0 Å². The first-order valence-electron chi connectivity index (χ1n) is 6.31. The molecule has 2 N–H and O–H groups in total. The average Bonchev–Trinajstić information content (AvgIpc) is 2.24. The van der Waals surface area contributed by atoms with Crippen LogP contribution in [0.2, 0.25) is 0 Å². The summed E-state index contributed by atoms with van der Waals surface area (Å²) in [6.07, 6.45) is -0.139. The van der Waals surface area contributed by atoms with Crippen molar-refractivity contribution in [3.05, 3.63) is 28.2 Å². The number of alkyl halides is 2. The number of halogens is 3. The van der Waals surface area contributed by atoms with Gasteiger partial charge in [-0.2, -0.15) is 8.78 Å². The van der Waals surface area contributed by atoms with Gasteiger partial charge in [0, 0.05) is 16.1 Å². The molecule has 0 aromatic heterocycles. The Kier molecular flexibility index (Phi) is 6.10. The van der Waals surface area contributed by atoms with E-state index in [0.29, 0.717) is 10.0 Å². The van der Waals surface area contributed by atoms with Crippen LogP contribution >= 0.6 is 15.9 Å². The first kappa shape index (κ1) is 17.8. The minimum absolute atomic E-state index is 0.0598. The summed E-state index contributed by atoms with van der Waals surface area (Å²) in [5.74, 6) is -0.566. The monoisotopic (exact) mass is 365 g/mol. The maximum absolute atomic E-state index is 12.4. The Morgan fingerprint density at radius 3 is 2.52 bits per heavy atom. The van der Waals surface area contributed by atoms with E-state index in [-0.39, 0.29) is 12.2 Å². The summed E-state index contributed by atoms with van der Waals surface area (Å²) in [5, 5.41) is 0. The summed E-state index contributed by atoms with van der Waals surface area (Å²) >= 11 is 3.23. The molecule has 0 spiro atoms. The molecule has 0 heterocycles. The van der Waals surface area contributed by atoms with Crippen molar-refractivity contribution in [2.75, 3.05) is 0 Å².